The Morgan fingerprint density at radius 3 is 2.44 bits per heavy atom. The van der Waals surface area contributed by atoms with Crippen molar-refractivity contribution in [2.75, 3.05) is 19.6 Å². The fraction of sp³-hybridized carbons (Fsp3) is 0.576. The van der Waals surface area contributed by atoms with Crippen LogP contribution in [0.25, 0.3) is 0 Å². The van der Waals surface area contributed by atoms with Crippen LogP contribution in [-0.4, -0.2) is 69.3 Å². The van der Waals surface area contributed by atoms with E-state index in [1.165, 1.54) is 4.90 Å². The highest BCUT2D eigenvalue weighted by Crippen LogP contribution is 2.40. The lowest BCUT2D eigenvalue weighted by Crippen LogP contribution is -2.58. The zero-order chi connectivity index (χ0) is 30.1. The number of phenols is 2. The Kier molecular flexibility index (Phi) is 8.93. The number of phenolic OH excluding ortho intramolecular Hbond substituents is 2. The van der Waals surface area contributed by atoms with Crippen molar-refractivity contribution in [2.24, 2.45) is 11.8 Å². The Bertz CT molecular complexity index is 1260. The van der Waals surface area contributed by atoms with Gasteiger partial charge in [-0.1, -0.05) is 45.9 Å². The first-order valence-electron chi connectivity index (χ1n) is 14.8. The first kappa shape index (κ1) is 30.7. The standard InChI is InChI=1S/C33H47N3O5/c1-21(2)28(20-35-14-13-33(7,22(3)18-35)25-9-8-10-26(37)17-25)34-30(39)29-16-23-11-12-27(38)15-24(23)19-36(29)31(40)41-32(4,5)6/h8-12,15,17,21-22,28-29,37-38H,13-14,16,18-20H2,1-7H3,(H,34,39)/t22-,28-,29-,33+/m1/s1. The molecule has 4 atom stereocenters. The molecule has 224 valence electrons. The maximum absolute atomic E-state index is 13.8. The van der Waals surface area contributed by atoms with E-state index in [-0.39, 0.29) is 35.6 Å². The third-order valence-corrected chi connectivity index (χ3v) is 8.91. The van der Waals surface area contributed by atoms with E-state index in [4.69, 9.17) is 4.74 Å². The molecule has 1 fully saturated rings. The number of benzene rings is 2. The molecular weight excluding hydrogens is 518 g/mol. The molecule has 8 heteroatoms. The molecule has 0 radical (unpaired) electrons. The lowest BCUT2D eigenvalue weighted by molar-refractivity contribution is -0.128. The summed E-state index contributed by atoms with van der Waals surface area (Å²) in [6, 6.07) is 11.9. The summed E-state index contributed by atoms with van der Waals surface area (Å²) < 4.78 is 5.67. The van der Waals surface area contributed by atoms with E-state index >= 15 is 0 Å². The van der Waals surface area contributed by atoms with Crippen LogP contribution < -0.4 is 5.32 Å². The van der Waals surface area contributed by atoms with Gasteiger partial charge in [0.05, 0.1) is 6.54 Å². The average Bonchev–Trinajstić information content (AvgIpc) is 2.88. The third-order valence-electron chi connectivity index (χ3n) is 8.91. The molecule has 0 spiro atoms. The maximum atomic E-state index is 13.8. The molecule has 0 aromatic heterocycles. The van der Waals surface area contributed by atoms with Crippen LogP contribution in [-0.2, 0) is 27.9 Å². The van der Waals surface area contributed by atoms with Gasteiger partial charge in [-0.05, 0) is 91.9 Å². The summed E-state index contributed by atoms with van der Waals surface area (Å²) >= 11 is 0. The average molecular weight is 566 g/mol. The van der Waals surface area contributed by atoms with E-state index < -0.39 is 17.7 Å². The molecule has 0 aliphatic carbocycles. The summed E-state index contributed by atoms with van der Waals surface area (Å²) in [5.74, 6) is 0.782. The van der Waals surface area contributed by atoms with Crippen molar-refractivity contribution >= 4 is 12.0 Å². The predicted octanol–water partition coefficient (Wildman–Crippen LogP) is 5.20. The van der Waals surface area contributed by atoms with Crippen LogP contribution in [0.4, 0.5) is 4.79 Å². The maximum Gasteiger partial charge on any atom is 0.411 e. The van der Waals surface area contributed by atoms with Gasteiger partial charge in [0.15, 0.2) is 0 Å². The van der Waals surface area contributed by atoms with E-state index in [1.807, 2.05) is 39.0 Å². The molecule has 4 rings (SSSR count). The smallest absolute Gasteiger partial charge is 0.411 e. The van der Waals surface area contributed by atoms with Crippen LogP contribution in [0.5, 0.6) is 11.5 Å². The first-order valence-corrected chi connectivity index (χ1v) is 14.8. The van der Waals surface area contributed by atoms with Gasteiger partial charge < -0.3 is 25.2 Å². The molecule has 2 amide bonds. The van der Waals surface area contributed by atoms with Gasteiger partial charge in [0.25, 0.3) is 0 Å². The second kappa shape index (κ2) is 11.9. The highest BCUT2D eigenvalue weighted by molar-refractivity contribution is 5.87. The van der Waals surface area contributed by atoms with Gasteiger partial charge >= 0.3 is 6.09 Å². The molecule has 41 heavy (non-hydrogen) atoms. The zero-order valence-corrected chi connectivity index (χ0v) is 25.6. The van der Waals surface area contributed by atoms with E-state index in [0.717, 1.165) is 36.2 Å². The third kappa shape index (κ3) is 7.15. The van der Waals surface area contributed by atoms with Gasteiger partial charge in [0.2, 0.25) is 5.91 Å². The second-order valence-corrected chi connectivity index (χ2v) is 13.5. The number of nitrogens with zero attached hydrogens (tertiary/aromatic N) is 2. The first-order chi connectivity index (χ1) is 19.2. The van der Waals surface area contributed by atoms with Crippen molar-refractivity contribution in [3.8, 4) is 11.5 Å². The molecule has 8 nitrogen and oxygen atoms in total. The van der Waals surface area contributed by atoms with Crippen molar-refractivity contribution in [1.82, 2.24) is 15.1 Å². The number of carbonyl (C=O) groups is 2. The minimum Gasteiger partial charge on any atom is -0.508 e. The van der Waals surface area contributed by atoms with Crippen molar-refractivity contribution in [2.45, 2.75) is 91.0 Å². The van der Waals surface area contributed by atoms with Crippen LogP contribution in [0.3, 0.4) is 0 Å². The predicted molar refractivity (Wildman–Crippen MR) is 160 cm³/mol. The number of hydrogen-bond donors (Lipinski definition) is 3. The lowest BCUT2D eigenvalue weighted by Gasteiger charge is -2.46. The number of piperidine rings is 1. The van der Waals surface area contributed by atoms with Crippen LogP contribution >= 0.6 is 0 Å². The van der Waals surface area contributed by atoms with Crippen molar-refractivity contribution < 1.29 is 24.5 Å². The topological polar surface area (TPSA) is 102 Å². The summed E-state index contributed by atoms with van der Waals surface area (Å²) in [6.07, 6.45) is 0.771. The highest BCUT2D eigenvalue weighted by Gasteiger charge is 2.41. The summed E-state index contributed by atoms with van der Waals surface area (Å²) in [7, 11) is 0. The summed E-state index contributed by atoms with van der Waals surface area (Å²) in [6.45, 7) is 16.9. The van der Waals surface area contributed by atoms with Crippen molar-refractivity contribution in [3.05, 3.63) is 59.2 Å². The van der Waals surface area contributed by atoms with Gasteiger partial charge in [-0.15, -0.1) is 0 Å². The molecule has 2 aromatic carbocycles. The number of carbonyl (C=O) groups excluding carboxylic acids is 2. The molecule has 0 unspecified atom stereocenters. The summed E-state index contributed by atoms with van der Waals surface area (Å²) in [5.41, 5.74) is 2.18. The Hall–Kier alpha value is -3.26. The van der Waals surface area contributed by atoms with Gasteiger partial charge in [-0.25, -0.2) is 4.79 Å². The molecule has 1 saturated heterocycles. The van der Waals surface area contributed by atoms with Crippen LogP contribution in [0.15, 0.2) is 42.5 Å². The largest absolute Gasteiger partial charge is 0.508 e. The fourth-order valence-electron chi connectivity index (χ4n) is 6.07. The molecule has 2 aromatic rings. The highest BCUT2D eigenvalue weighted by atomic mass is 16.6. The minimum absolute atomic E-state index is 0.0380. The number of nitrogens with one attached hydrogen (secondary N) is 1. The van der Waals surface area contributed by atoms with Crippen LogP contribution in [0.2, 0.25) is 0 Å². The quantitative estimate of drug-likeness (QED) is 0.445. The van der Waals surface area contributed by atoms with Crippen LogP contribution in [0.1, 0.15) is 71.6 Å². The van der Waals surface area contributed by atoms with Gasteiger partial charge in [0.1, 0.15) is 23.1 Å². The van der Waals surface area contributed by atoms with Gasteiger partial charge in [0, 0.05) is 25.6 Å². The Balaban J connectivity index is 1.47. The Labute approximate surface area is 244 Å². The molecule has 2 aliphatic rings. The number of hydrogen-bond acceptors (Lipinski definition) is 6. The molecular formula is C33H47N3O5. The fourth-order valence-corrected chi connectivity index (χ4v) is 6.07. The summed E-state index contributed by atoms with van der Waals surface area (Å²) in [4.78, 5) is 31.0. The summed E-state index contributed by atoms with van der Waals surface area (Å²) in [5, 5.41) is 23.3. The Morgan fingerprint density at radius 1 is 1.10 bits per heavy atom. The van der Waals surface area contributed by atoms with E-state index in [9.17, 15) is 19.8 Å². The molecule has 3 N–H and O–H groups in total. The van der Waals surface area contributed by atoms with Gasteiger partial charge in [-0.2, -0.15) is 0 Å². The number of ether oxygens (including phenoxy) is 1. The molecule has 0 bridgehead atoms. The number of rotatable bonds is 6. The SMILES string of the molecule is CC(C)[C@@H](CN1CC[C@](C)(c2cccc(O)c2)[C@H](C)C1)NC(=O)[C@H]1Cc2ccc(O)cc2CN1C(=O)OC(C)(C)C. The number of likely N-dealkylation sites (tertiary alicyclic amines) is 1. The Morgan fingerprint density at radius 2 is 1.80 bits per heavy atom. The van der Waals surface area contributed by atoms with Crippen LogP contribution in [0, 0.1) is 11.8 Å². The van der Waals surface area contributed by atoms with Crippen molar-refractivity contribution in [1.29, 1.82) is 0 Å². The zero-order valence-electron chi connectivity index (χ0n) is 25.6. The lowest BCUT2D eigenvalue weighted by atomic mass is 9.68. The van der Waals surface area contributed by atoms with E-state index in [0.29, 0.717) is 24.6 Å². The molecule has 2 heterocycles. The number of fused-ring (bicyclic) bond motifs is 1. The van der Waals surface area contributed by atoms with Gasteiger partial charge in [-0.3, -0.25) is 9.69 Å². The molecule has 0 saturated carbocycles. The van der Waals surface area contributed by atoms with E-state index in [1.54, 1.807) is 18.2 Å². The molecule has 2 aliphatic heterocycles. The number of aromatic hydroxyl groups is 2. The van der Waals surface area contributed by atoms with E-state index in [2.05, 4.69) is 44.0 Å². The second-order valence-electron chi connectivity index (χ2n) is 13.5. The number of amides is 2. The normalized spacial score (nSPS) is 24.0. The minimum atomic E-state index is -0.711. The van der Waals surface area contributed by atoms with Crippen molar-refractivity contribution in [3.63, 3.8) is 0 Å². The monoisotopic (exact) mass is 565 g/mol.